The van der Waals surface area contributed by atoms with Crippen LogP contribution in [0, 0.1) is 5.82 Å². The maximum absolute atomic E-state index is 12.9. The first kappa shape index (κ1) is 12.0. The van der Waals surface area contributed by atoms with Gasteiger partial charge in [-0.15, -0.1) is 0 Å². The van der Waals surface area contributed by atoms with Gasteiger partial charge in [-0.1, -0.05) is 6.92 Å². The molecule has 0 saturated heterocycles. The molecular weight excluding hydrogens is 215 g/mol. The maximum Gasteiger partial charge on any atom is 0.127 e. The number of nitrogen functional groups attached to an aromatic ring is 1. The lowest BCUT2D eigenvalue weighted by molar-refractivity contribution is 0.629. The fourth-order valence-corrected chi connectivity index (χ4v) is 1.79. The highest BCUT2D eigenvalue weighted by molar-refractivity contribution is 7.84. The summed E-state index contributed by atoms with van der Waals surface area (Å²) in [6, 6.07) is 4.28. The van der Waals surface area contributed by atoms with Crippen LogP contribution in [-0.4, -0.2) is 22.3 Å². The number of benzene rings is 1. The van der Waals surface area contributed by atoms with Crippen molar-refractivity contribution in [3.63, 3.8) is 0 Å². The first-order chi connectivity index (χ1) is 7.11. The molecule has 0 saturated carbocycles. The van der Waals surface area contributed by atoms with Crippen molar-refractivity contribution in [3.8, 4) is 0 Å². The maximum atomic E-state index is 12.9. The molecule has 1 rings (SSSR count). The Morgan fingerprint density at radius 3 is 2.80 bits per heavy atom. The van der Waals surface area contributed by atoms with E-state index in [1.165, 1.54) is 12.1 Å². The molecule has 15 heavy (non-hydrogen) atoms. The summed E-state index contributed by atoms with van der Waals surface area (Å²) in [7, 11) is -0.799. The SMILES string of the molecule is CCS(=O)CCNc1cc(N)cc(F)c1. The van der Waals surface area contributed by atoms with Gasteiger partial charge < -0.3 is 11.1 Å². The molecule has 0 aromatic heterocycles. The van der Waals surface area contributed by atoms with Crippen LogP contribution in [0.1, 0.15) is 6.92 Å². The van der Waals surface area contributed by atoms with Crippen LogP contribution in [0.3, 0.4) is 0 Å². The van der Waals surface area contributed by atoms with Crippen LogP contribution in [0.5, 0.6) is 0 Å². The predicted octanol–water partition coefficient (Wildman–Crippen LogP) is 1.59. The summed E-state index contributed by atoms with van der Waals surface area (Å²) in [5, 5.41) is 2.98. The second kappa shape index (κ2) is 5.70. The van der Waals surface area contributed by atoms with E-state index in [0.29, 0.717) is 29.4 Å². The fourth-order valence-electron chi connectivity index (χ4n) is 1.17. The van der Waals surface area contributed by atoms with Crippen molar-refractivity contribution in [2.24, 2.45) is 0 Å². The van der Waals surface area contributed by atoms with E-state index in [4.69, 9.17) is 5.73 Å². The third-order valence-electron chi connectivity index (χ3n) is 1.90. The molecule has 0 spiro atoms. The van der Waals surface area contributed by atoms with Gasteiger partial charge in [0.15, 0.2) is 0 Å². The van der Waals surface area contributed by atoms with E-state index < -0.39 is 10.8 Å². The zero-order chi connectivity index (χ0) is 11.3. The van der Waals surface area contributed by atoms with Crippen molar-refractivity contribution >= 4 is 22.2 Å². The highest BCUT2D eigenvalue weighted by atomic mass is 32.2. The first-order valence-electron chi connectivity index (χ1n) is 4.76. The first-order valence-corrected chi connectivity index (χ1v) is 6.25. The fraction of sp³-hybridized carbons (Fsp3) is 0.400. The van der Waals surface area contributed by atoms with Crippen LogP contribution < -0.4 is 11.1 Å². The molecule has 0 aliphatic carbocycles. The highest BCUT2D eigenvalue weighted by Gasteiger charge is 1.99. The summed E-state index contributed by atoms with van der Waals surface area (Å²) >= 11 is 0. The van der Waals surface area contributed by atoms with Gasteiger partial charge in [0, 0.05) is 40.2 Å². The summed E-state index contributed by atoms with van der Waals surface area (Å²) in [6.45, 7) is 2.43. The van der Waals surface area contributed by atoms with Crippen LogP contribution in [0.15, 0.2) is 18.2 Å². The van der Waals surface area contributed by atoms with Crippen molar-refractivity contribution in [2.45, 2.75) is 6.92 Å². The molecule has 0 radical (unpaired) electrons. The van der Waals surface area contributed by atoms with Crippen LogP contribution in [0.4, 0.5) is 15.8 Å². The third kappa shape index (κ3) is 4.29. The molecule has 1 aromatic rings. The van der Waals surface area contributed by atoms with Gasteiger partial charge in [0.25, 0.3) is 0 Å². The molecule has 3 nitrogen and oxygen atoms in total. The van der Waals surface area contributed by atoms with Crippen molar-refractivity contribution in [1.82, 2.24) is 0 Å². The normalized spacial score (nSPS) is 12.4. The van der Waals surface area contributed by atoms with E-state index in [-0.39, 0.29) is 5.82 Å². The summed E-state index contributed by atoms with van der Waals surface area (Å²) in [5.41, 5.74) is 6.49. The van der Waals surface area contributed by atoms with E-state index in [1.54, 1.807) is 6.07 Å². The Balaban J connectivity index is 2.47. The molecule has 0 fully saturated rings. The van der Waals surface area contributed by atoms with Crippen molar-refractivity contribution in [2.75, 3.05) is 29.1 Å². The predicted molar refractivity (Wildman–Crippen MR) is 62.9 cm³/mol. The number of nitrogens with two attached hydrogens (primary N) is 1. The minimum absolute atomic E-state index is 0.367. The lowest BCUT2D eigenvalue weighted by Crippen LogP contribution is -2.12. The zero-order valence-corrected chi connectivity index (χ0v) is 9.44. The second-order valence-corrected chi connectivity index (χ2v) is 5.00. The smallest absolute Gasteiger partial charge is 0.127 e. The Hall–Kier alpha value is -1.10. The van der Waals surface area contributed by atoms with E-state index in [0.717, 1.165) is 0 Å². The molecule has 0 aliphatic heterocycles. The van der Waals surface area contributed by atoms with E-state index in [1.807, 2.05) is 6.92 Å². The van der Waals surface area contributed by atoms with Gasteiger partial charge in [-0.05, 0) is 18.2 Å². The molecule has 0 bridgehead atoms. The average molecular weight is 230 g/mol. The number of halogens is 1. The van der Waals surface area contributed by atoms with Crippen LogP contribution >= 0.6 is 0 Å². The van der Waals surface area contributed by atoms with Gasteiger partial charge >= 0.3 is 0 Å². The quantitative estimate of drug-likeness (QED) is 0.755. The van der Waals surface area contributed by atoms with Crippen molar-refractivity contribution in [1.29, 1.82) is 0 Å². The number of hydrogen-bond acceptors (Lipinski definition) is 3. The molecular formula is C10H15FN2OS. The van der Waals surface area contributed by atoms with Gasteiger partial charge in [-0.2, -0.15) is 0 Å². The molecule has 3 N–H and O–H groups in total. The number of rotatable bonds is 5. The monoisotopic (exact) mass is 230 g/mol. The van der Waals surface area contributed by atoms with Crippen LogP contribution in [-0.2, 0) is 10.8 Å². The minimum atomic E-state index is -0.799. The van der Waals surface area contributed by atoms with Gasteiger partial charge in [0.05, 0.1) is 0 Å². The summed E-state index contributed by atoms with van der Waals surface area (Å²) in [4.78, 5) is 0. The standard InChI is InChI=1S/C10H15FN2OS/c1-2-15(14)4-3-13-10-6-8(11)5-9(12)7-10/h5-7,13H,2-4,12H2,1H3. The molecule has 0 amide bonds. The lowest BCUT2D eigenvalue weighted by Gasteiger charge is -2.06. The average Bonchev–Trinajstić information content (AvgIpc) is 2.16. The van der Waals surface area contributed by atoms with Crippen molar-refractivity contribution < 1.29 is 8.60 Å². The molecule has 1 unspecified atom stereocenters. The molecule has 84 valence electrons. The van der Waals surface area contributed by atoms with Crippen LogP contribution in [0.25, 0.3) is 0 Å². The Labute approximate surface area is 91.3 Å². The summed E-state index contributed by atoms with van der Waals surface area (Å²) in [5.74, 6) is 0.842. The van der Waals surface area contributed by atoms with Crippen molar-refractivity contribution in [3.05, 3.63) is 24.0 Å². The van der Waals surface area contributed by atoms with E-state index >= 15 is 0 Å². The minimum Gasteiger partial charge on any atom is -0.399 e. The summed E-state index contributed by atoms with van der Waals surface area (Å²) < 4.78 is 24.0. The lowest BCUT2D eigenvalue weighted by atomic mass is 10.2. The number of anilines is 2. The molecule has 1 atom stereocenters. The third-order valence-corrected chi connectivity index (χ3v) is 3.20. The van der Waals surface area contributed by atoms with E-state index in [2.05, 4.69) is 5.32 Å². The Kier molecular flexibility index (Phi) is 4.55. The largest absolute Gasteiger partial charge is 0.399 e. The number of hydrogen-bond donors (Lipinski definition) is 2. The zero-order valence-electron chi connectivity index (χ0n) is 8.63. The Morgan fingerprint density at radius 2 is 2.20 bits per heavy atom. The van der Waals surface area contributed by atoms with Gasteiger partial charge in [-0.3, -0.25) is 4.21 Å². The topological polar surface area (TPSA) is 55.1 Å². The number of nitrogens with one attached hydrogen (secondary N) is 1. The van der Waals surface area contributed by atoms with Gasteiger partial charge in [0.1, 0.15) is 5.82 Å². The second-order valence-electron chi connectivity index (χ2n) is 3.13. The Morgan fingerprint density at radius 1 is 1.47 bits per heavy atom. The van der Waals surface area contributed by atoms with Crippen LogP contribution in [0.2, 0.25) is 0 Å². The molecule has 1 aromatic carbocycles. The molecule has 0 aliphatic rings. The van der Waals surface area contributed by atoms with Gasteiger partial charge in [0.2, 0.25) is 0 Å². The molecule has 0 heterocycles. The van der Waals surface area contributed by atoms with E-state index in [9.17, 15) is 8.60 Å². The van der Waals surface area contributed by atoms with Gasteiger partial charge in [-0.25, -0.2) is 4.39 Å². The molecule has 5 heteroatoms. The Bertz CT molecular complexity index is 337. The highest BCUT2D eigenvalue weighted by Crippen LogP contribution is 2.14. The summed E-state index contributed by atoms with van der Waals surface area (Å²) in [6.07, 6.45) is 0.